The molecule has 2 aromatic heterocycles. The van der Waals surface area contributed by atoms with Crippen molar-refractivity contribution in [3.63, 3.8) is 0 Å². The molecule has 3 heteroatoms. The fraction of sp³-hybridized carbons (Fsp3) is 0. The highest BCUT2D eigenvalue weighted by Gasteiger charge is 2.19. The van der Waals surface area contributed by atoms with E-state index in [1.807, 2.05) is 17.4 Å². The Morgan fingerprint density at radius 3 is 1.58 bits per heavy atom. The van der Waals surface area contributed by atoms with Crippen LogP contribution in [0.1, 0.15) is 0 Å². The van der Waals surface area contributed by atoms with Crippen LogP contribution in [0.15, 0.2) is 194 Å². The molecule has 0 radical (unpaired) electrons. The lowest BCUT2D eigenvalue weighted by molar-refractivity contribution is 1.18. The summed E-state index contributed by atoms with van der Waals surface area (Å²) in [7, 11) is 0. The van der Waals surface area contributed by atoms with Gasteiger partial charge in [0, 0.05) is 36.9 Å². The van der Waals surface area contributed by atoms with Crippen LogP contribution in [-0.2, 0) is 0 Å². The number of thiophene rings is 1. The molecule has 0 aliphatic carbocycles. The second kappa shape index (κ2) is 12.5. The maximum Gasteiger partial charge on any atom is 0.160 e. The normalized spacial score (nSPS) is 12.1. The summed E-state index contributed by atoms with van der Waals surface area (Å²) >= 11 is 1.85. The van der Waals surface area contributed by atoms with Crippen molar-refractivity contribution < 1.29 is 0 Å². The molecule has 0 spiro atoms. The molecule has 272 valence electrons. The van der Waals surface area contributed by atoms with E-state index < -0.39 is 0 Å². The van der Waals surface area contributed by atoms with E-state index in [1.54, 1.807) is 0 Å². The first-order valence-electron chi connectivity index (χ1n) is 20.1. The third kappa shape index (κ3) is 4.92. The largest absolute Gasteiger partial charge is 0.228 e. The molecule has 0 N–H and O–H groups in total. The minimum absolute atomic E-state index is 0.706. The van der Waals surface area contributed by atoms with Crippen molar-refractivity contribution in [2.75, 3.05) is 0 Å². The summed E-state index contributed by atoms with van der Waals surface area (Å²) < 4.78 is 2.59. The van der Waals surface area contributed by atoms with Crippen LogP contribution in [0, 0.1) is 0 Å². The van der Waals surface area contributed by atoms with E-state index in [4.69, 9.17) is 9.97 Å². The predicted octanol–water partition coefficient (Wildman–Crippen LogP) is 15.9. The molecule has 2 nitrogen and oxygen atoms in total. The van der Waals surface area contributed by atoms with E-state index in [0.717, 1.165) is 33.6 Å². The van der Waals surface area contributed by atoms with Crippen LogP contribution in [0.5, 0.6) is 0 Å². The zero-order valence-corrected chi connectivity index (χ0v) is 32.6. The Morgan fingerprint density at radius 2 is 0.847 bits per heavy atom. The smallest absolute Gasteiger partial charge is 0.160 e. The Hall–Kier alpha value is -7.46. The third-order valence-electron chi connectivity index (χ3n) is 12.4. The number of nitrogens with zero attached hydrogens (tertiary/aromatic N) is 2. The number of hydrogen-bond acceptors (Lipinski definition) is 3. The minimum Gasteiger partial charge on any atom is -0.228 e. The lowest BCUT2D eigenvalue weighted by Crippen LogP contribution is -1.97. The summed E-state index contributed by atoms with van der Waals surface area (Å²) in [6.07, 6.45) is 0. The molecule has 0 aliphatic rings. The van der Waals surface area contributed by atoms with Gasteiger partial charge in [-0.25, -0.2) is 9.97 Å². The first-order chi connectivity index (χ1) is 29.2. The molecule has 0 saturated heterocycles. The highest BCUT2D eigenvalue weighted by atomic mass is 32.1. The maximum atomic E-state index is 5.38. The Bertz CT molecular complexity index is 3840. The molecule has 13 rings (SSSR count). The minimum atomic E-state index is 0.706. The van der Waals surface area contributed by atoms with Crippen molar-refractivity contribution in [2.45, 2.75) is 0 Å². The van der Waals surface area contributed by atoms with Gasteiger partial charge in [-0.1, -0.05) is 164 Å². The van der Waals surface area contributed by atoms with Gasteiger partial charge in [-0.05, 0) is 106 Å². The van der Waals surface area contributed by atoms with E-state index >= 15 is 0 Å². The van der Waals surface area contributed by atoms with E-state index in [-0.39, 0.29) is 0 Å². The van der Waals surface area contributed by atoms with Gasteiger partial charge in [0.25, 0.3) is 0 Å². The van der Waals surface area contributed by atoms with E-state index in [0.29, 0.717) is 5.82 Å². The number of benzene rings is 10. The van der Waals surface area contributed by atoms with Crippen molar-refractivity contribution in [3.05, 3.63) is 194 Å². The van der Waals surface area contributed by atoms with Crippen LogP contribution in [-0.4, -0.2) is 9.97 Å². The molecule has 0 saturated carbocycles. The van der Waals surface area contributed by atoms with E-state index in [1.165, 1.54) is 90.4 Å². The van der Waals surface area contributed by atoms with E-state index in [2.05, 4.69) is 188 Å². The molecule has 0 bridgehead atoms. The SMILES string of the molecule is c1ccc(-c2nc(-c3cc4ccc5cccc6c7cccc8ccc9cccc(c(c3)c4c56)c9c87)cc(-c3ccccc3-c3ccc4c(c3)sc3ccccc34)n2)cc1. The Balaban J connectivity index is 1.10. The number of aromatic nitrogens is 2. The fourth-order valence-electron chi connectivity index (χ4n) is 9.73. The monoisotopic (exact) mass is 764 g/mol. The Kier molecular flexibility index (Phi) is 6.92. The van der Waals surface area contributed by atoms with Gasteiger partial charge < -0.3 is 0 Å². The van der Waals surface area contributed by atoms with Gasteiger partial charge in [0.1, 0.15) is 0 Å². The van der Waals surface area contributed by atoms with Gasteiger partial charge in [0.2, 0.25) is 0 Å². The summed E-state index contributed by atoms with van der Waals surface area (Å²) in [4.78, 5) is 10.7. The second-order valence-electron chi connectivity index (χ2n) is 15.6. The topological polar surface area (TPSA) is 25.8 Å². The van der Waals surface area contributed by atoms with Crippen molar-refractivity contribution >= 4 is 96.1 Å². The molecule has 13 aromatic rings. The first-order valence-corrected chi connectivity index (χ1v) is 21.0. The standard InChI is InChI=1S/C56H32N2S/c1-2-11-36(12-3-1)56-57-48(32-49(58-56)41-17-5-4-16-40(41)37-27-28-43-42-18-6-7-22-50(42)59-51(43)31-37)39-29-38-26-25-35-14-9-20-45-44-19-8-13-33-23-24-34-15-10-21-46(54(34)52(33)44)47(30-39)55(38)53(35)45/h1-32H. The third-order valence-corrected chi connectivity index (χ3v) is 13.5. The average Bonchev–Trinajstić information content (AvgIpc) is 3.68. The quantitative estimate of drug-likeness (QED) is 0.167. The zero-order valence-electron chi connectivity index (χ0n) is 31.8. The summed E-state index contributed by atoms with van der Waals surface area (Å²) in [6.45, 7) is 0. The van der Waals surface area contributed by atoms with Gasteiger partial charge >= 0.3 is 0 Å². The molecular formula is C56H32N2S. The molecule has 2 heterocycles. The predicted molar refractivity (Wildman–Crippen MR) is 253 cm³/mol. The summed E-state index contributed by atoms with van der Waals surface area (Å²) in [6, 6.07) is 71.0. The van der Waals surface area contributed by atoms with Crippen LogP contribution in [0.25, 0.3) is 130 Å². The Morgan fingerprint density at radius 1 is 0.288 bits per heavy atom. The number of rotatable bonds is 4. The molecule has 0 amide bonds. The average molecular weight is 765 g/mol. The molecule has 0 atom stereocenters. The van der Waals surface area contributed by atoms with Crippen molar-refractivity contribution in [1.29, 1.82) is 0 Å². The summed E-state index contributed by atoms with van der Waals surface area (Å²) in [5, 5.41) is 17.7. The molecule has 0 aliphatic heterocycles. The van der Waals surface area contributed by atoms with Gasteiger partial charge in [-0.3, -0.25) is 0 Å². The molecule has 11 aromatic carbocycles. The highest BCUT2D eigenvalue weighted by Crippen LogP contribution is 2.45. The van der Waals surface area contributed by atoms with Crippen LogP contribution >= 0.6 is 11.3 Å². The van der Waals surface area contributed by atoms with Gasteiger partial charge in [0.15, 0.2) is 5.82 Å². The lowest BCUT2D eigenvalue weighted by Gasteiger charge is -2.17. The van der Waals surface area contributed by atoms with Crippen molar-refractivity contribution in [3.8, 4) is 45.0 Å². The zero-order chi connectivity index (χ0) is 38.6. The van der Waals surface area contributed by atoms with Gasteiger partial charge in [0.05, 0.1) is 11.4 Å². The fourth-order valence-corrected chi connectivity index (χ4v) is 10.9. The van der Waals surface area contributed by atoms with Crippen LogP contribution in [0.2, 0.25) is 0 Å². The van der Waals surface area contributed by atoms with Gasteiger partial charge in [-0.15, -0.1) is 11.3 Å². The van der Waals surface area contributed by atoms with E-state index in [9.17, 15) is 0 Å². The Labute approximate surface area is 343 Å². The number of hydrogen-bond donors (Lipinski definition) is 0. The molecule has 0 fully saturated rings. The van der Waals surface area contributed by atoms with Crippen LogP contribution in [0.3, 0.4) is 0 Å². The molecule has 0 unspecified atom stereocenters. The van der Waals surface area contributed by atoms with Gasteiger partial charge in [-0.2, -0.15) is 0 Å². The lowest BCUT2D eigenvalue weighted by atomic mass is 9.87. The maximum absolute atomic E-state index is 5.38. The van der Waals surface area contributed by atoms with Crippen LogP contribution < -0.4 is 0 Å². The second-order valence-corrected chi connectivity index (χ2v) is 16.7. The first kappa shape index (κ1) is 32.6. The summed E-state index contributed by atoms with van der Waals surface area (Å²) in [5.74, 6) is 0.706. The van der Waals surface area contributed by atoms with Crippen LogP contribution in [0.4, 0.5) is 0 Å². The number of fused-ring (bicyclic) bond motifs is 5. The molecule has 59 heavy (non-hydrogen) atoms. The van der Waals surface area contributed by atoms with Crippen molar-refractivity contribution in [2.24, 2.45) is 0 Å². The molecular weight excluding hydrogens is 733 g/mol. The summed E-state index contributed by atoms with van der Waals surface area (Å²) in [5.41, 5.74) is 7.23. The van der Waals surface area contributed by atoms with Crippen molar-refractivity contribution in [1.82, 2.24) is 9.97 Å². The highest BCUT2D eigenvalue weighted by molar-refractivity contribution is 7.25.